The van der Waals surface area contributed by atoms with Gasteiger partial charge >= 0.3 is 0 Å². The second-order valence-electron chi connectivity index (χ2n) is 8.61. The summed E-state index contributed by atoms with van der Waals surface area (Å²) in [5.41, 5.74) is 3.79. The monoisotopic (exact) mass is 437 g/mol. The second-order valence-corrected chi connectivity index (χ2v) is 8.61. The van der Waals surface area contributed by atoms with E-state index >= 15 is 0 Å². The van der Waals surface area contributed by atoms with Gasteiger partial charge in [-0.15, -0.1) is 10.2 Å². The molecule has 4 aromatic rings. The molecular formula is C25H23N7O. The summed E-state index contributed by atoms with van der Waals surface area (Å²) >= 11 is 0. The fourth-order valence-electron chi connectivity index (χ4n) is 3.82. The minimum Gasteiger partial charge on any atom is -0.367 e. The van der Waals surface area contributed by atoms with Gasteiger partial charge in [0.05, 0.1) is 0 Å². The van der Waals surface area contributed by atoms with Crippen LogP contribution in [0.4, 0.5) is 11.5 Å². The van der Waals surface area contributed by atoms with Crippen molar-refractivity contribution in [2.24, 2.45) is 0 Å². The maximum Gasteiger partial charge on any atom is 0.274 e. The van der Waals surface area contributed by atoms with Crippen molar-refractivity contribution in [2.75, 3.05) is 10.6 Å². The molecule has 2 aliphatic carbocycles. The van der Waals surface area contributed by atoms with Crippen LogP contribution in [0.5, 0.6) is 0 Å². The number of nitrogens with zero attached hydrogens (tertiary/aromatic N) is 5. The molecule has 0 atom stereocenters. The van der Waals surface area contributed by atoms with Crippen molar-refractivity contribution in [2.45, 2.75) is 37.8 Å². The third-order valence-corrected chi connectivity index (χ3v) is 5.91. The van der Waals surface area contributed by atoms with Gasteiger partial charge in [0, 0.05) is 41.3 Å². The van der Waals surface area contributed by atoms with Gasteiger partial charge in [-0.05, 0) is 67.6 Å². The van der Waals surface area contributed by atoms with Crippen LogP contribution in [0.25, 0.3) is 22.5 Å². The highest BCUT2D eigenvalue weighted by Crippen LogP contribution is 2.37. The van der Waals surface area contributed by atoms with Crippen molar-refractivity contribution in [3.63, 3.8) is 0 Å². The van der Waals surface area contributed by atoms with E-state index in [-0.39, 0.29) is 5.91 Å². The molecule has 2 N–H and O–H groups in total. The standard InChI is InChI=1S/C25H23N7O/c33-25(30-20-3-1-2-17(12-20)24-31-28-15-32(24)21-7-8-21)22-13-16(10-11-26-22)18-4-9-23(27-14-18)29-19-5-6-19/h1-4,9-15,19,21H,5-8H2,(H,27,29)(H,30,33). The minimum absolute atomic E-state index is 0.266. The predicted octanol–water partition coefficient (Wildman–Crippen LogP) is 4.56. The van der Waals surface area contributed by atoms with Crippen LogP contribution in [0.2, 0.25) is 0 Å². The number of aromatic nitrogens is 5. The summed E-state index contributed by atoms with van der Waals surface area (Å²) in [5, 5.41) is 14.7. The quantitative estimate of drug-likeness (QED) is 0.440. The Balaban J connectivity index is 1.19. The minimum atomic E-state index is -0.266. The van der Waals surface area contributed by atoms with Crippen LogP contribution < -0.4 is 10.6 Å². The lowest BCUT2D eigenvalue weighted by atomic mass is 10.1. The number of hydrogen-bond acceptors (Lipinski definition) is 6. The topological polar surface area (TPSA) is 97.6 Å². The molecule has 6 rings (SSSR count). The van der Waals surface area contributed by atoms with Gasteiger partial charge in [0.1, 0.15) is 17.8 Å². The summed E-state index contributed by atoms with van der Waals surface area (Å²) in [4.78, 5) is 21.7. The number of anilines is 2. The number of amides is 1. The van der Waals surface area contributed by atoms with E-state index in [0.717, 1.165) is 41.2 Å². The number of rotatable bonds is 7. The molecule has 0 saturated heterocycles. The van der Waals surface area contributed by atoms with E-state index in [2.05, 4.69) is 35.4 Å². The first-order valence-corrected chi connectivity index (χ1v) is 11.2. The normalized spacial score (nSPS) is 15.3. The van der Waals surface area contributed by atoms with E-state index < -0.39 is 0 Å². The molecule has 8 nitrogen and oxygen atoms in total. The molecule has 0 spiro atoms. The van der Waals surface area contributed by atoms with E-state index in [9.17, 15) is 4.79 Å². The summed E-state index contributed by atoms with van der Waals surface area (Å²) in [6.45, 7) is 0. The Labute approximate surface area is 191 Å². The Morgan fingerprint density at radius 3 is 2.64 bits per heavy atom. The van der Waals surface area contributed by atoms with Crippen molar-refractivity contribution in [1.29, 1.82) is 0 Å². The Morgan fingerprint density at radius 1 is 0.939 bits per heavy atom. The van der Waals surface area contributed by atoms with Crippen LogP contribution in [-0.2, 0) is 0 Å². The number of carbonyl (C=O) groups is 1. The Hall–Kier alpha value is -4.07. The number of hydrogen-bond donors (Lipinski definition) is 2. The van der Waals surface area contributed by atoms with Crippen LogP contribution in [0.15, 0.2) is 67.3 Å². The van der Waals surface area contributed by atoms with Gasteiger partial charge < -0.3 is 15.2 Å². The predicted molar refractivity (Wildman–Crippen MR) is 126 cm³/mol. The third kappa shape index (κ3) is 4.32. The van der Waals surface area contributed by atoms with Crippen molar-refractivity contribution < 1.29 is 4.79 Å². The van der Waals surface area contributed by atoms with Gasteiger partial charge in [-0.25, -0.2) is 4.98 Å². The number of carbonyl (C=O) groups excluding carboxylic acids is 1. The lowest BCUT2D eigenvalue weighted by Gasteiger charge is -2.09. The average molecular weight is 438 g/mol. The Kier molecular flexibility index (Phi) is 4.83. The molecule has 33 heavy (non-hydrogen) atoms. The number of nitrogens with one attached hydrogen (secondary N) is 2. The van der Waals surface area contributed by atoms with E-state index in [1.165, 1.54) is 12.8 Å². The zero-order chi connectivity index (χ0) is 22.2. The van der Waals surface area contributed by atoms with Crippen LogP contribution in [0.3, 0.4) is 0 Å². The molecule has 2 fully saturated rings. The molecule has 0 bridgehead atoms. The maximum absolute atomic E-state index is 12.9. The van der Waals surface area contributed by atoms with Crippen molar-refractivity contribution in [3.05, 3.63) is 72.9 Å². The van der Waals surface area contributed by atoms with E-state index in [1.807, 2.05) is 48.7 Å². The van der Waals surface area contributed by atoms with Gasteiger partial charge in [-0.2, -0.15) is 0 Å². The Bertz CT molecular complexity index is 1310. The van der Waals surface area contributed by atoms with Gasteiger partial charge in [-0.1, -0.05) is 12.1 Å². The van der Waals surface area contributed by atoms with Crippen molar-refractivity contribution >= 4 is 17.4 Å². The fourth-order valence-corrected chi connectivity index (χ4v) is 3.82. The molecule has 2 aliphatic rings. The largest absolute Gasteiger partial charge is 0.367 e. The lowest BCUT2D eigenvalue weighted by Crippen LogP contribution is -2.13. The van der Waals surface area contributed by atoms with Gasteiger partial charge in [0.15, 0.2) is 5.82 Å². The van der Waals surface area contributed by atoms with Crippen LogP contribution >= 0.6 is 0 Å². The number of benzene rings is 1. The van der Waals surface area contributed by atoms with Crippen LogP contribution in [0, 0.1) is 0 Å². The molecule has 3 aromatic heterocycles. The van der Waals surface area contributed by atoms with E-state index in [4.69, 9.17) is 0 Å². The van der Waals surface area contributed by atoms with Gasteiger partial charge in [0.25, 0.3) is 5.91 Å². The molecular weight excluding hydrogens is 414 g/mol. The molecule has 0 unspecified atom stereocenters. The molecule has 0 aliphatic heterocycles. The molecule has 8 heteroatoms. The first-order chi connectivity index (χ1) is 16.2. The zero-order valence-electron chi connectivity index (χ0n) is 18.0. The highest BCUT2D eigenvalue weighted by atomic mass is 16.1. The molecule has 2 saturated carbocycles. The lowest BCUT2D eigenvalue weighted by molar-refractivity contribution is 0.102. The van der Waals surface area contributed by atoms with Crippen LogP contribution in [-0.4, -0.2) is 36.7 Å². The summed E-state index contributed by atoms with van der Waals surface area (Å²) in [6, 6.07) is 16.3. The molecule has 1 amide bonds. The SMILES string of the molecule is O=C(Nc1cccc(-c2nncn2C2CC2)c1)c1cc(-c2ccc(NC3CC3)nc2)ccn1. The number of pyridine rings is 2. The Morgan fingerprint density at radius 2 is 1.85 bits per heavy atom. The van der Waals surface area contributed by atoms with Gasteiger partial charge in [0.2, 0.25) is 0 Å². The van der Waals surface area contributed by atoms with E-state index in [0.29, 0.717) is 23.5 Å². The third-order valence-electron chi connectivity index (χ3n) is 5.91. The second kappa shape index (κ2) is 8.12. The first kappa shape index (κ1) is 19.6. The van der Waals surface area contributed by atoms with E-state index in [1.54, 1.807) is 18.6 Å². The maximum atomic E-state index is 12.9. The van der Waals surface area contributed by atoms with Crippen molar-refractivity contribution in [3.8, 4) is 22.5 Å². The molecule has 3 heterocycles. The fraction of sp³-hybridized carbons (Fsp3) is 0.240. The first-order valence-electron chi connectivity index (χ1n) is 11.2. The molecule has 164 valence electrons. The van der Waals surface area contributed by atoms with Gasteiger partial charge in [-0.3, -0.25) is 9.78 Å². The smallest absolute Gasteiger partial charge is 0.274 e. The molecule has 0 radical (unpaired) electrons. The summed E-state index contributed by atoms with van der Waals surface area (Å²) in [7, 11) is 0. The van der Waals surface area contributed by atoms with Crippen molar-refractivity contribution in [1.82, 2.24) is 24.7 Å². The average Bonchev–Trinajstić information content (AvgIpc) is 3.79. The molecule has 1 aromatic carbocycles. The highest BCUT2D eigenvalue weighted by molar-refractivity contribution is 6.03. The van der Waals surface area contributed by atoms with Crippen LogP contribution in [0.1, 0.15) is 42.2 Å². The highest BCUT2D eigenvalue weighted by Gasteiger charge is 2.26. The summed E-state index contributed by atoms with van der Waals surface area (Å²) < 4.78 is 2.10. The zero-order valence-corrected chi connectivity index (χ0v) is 18.0. The summed E-state index contributed by atoms with van der Waals surface area (Å²) in [6.07, 6.45) is 9.95. The summed E-state index contributed by atoms with van der Waals surface area (Å²) in [5.74, 6) is 1.43.